The molecule has 2 amide bonds. The molecule has 2 aromatic rings. The number of amides is 2. The van der Waals surface area contributed by atoms with Gasteiger partial charge in [-0.2, -0.15) is 5.10 Å². The predicted molar refractivity (Wildman–Crippen MR) is 103 cm³/mol. The third-order valence-electron chi connectivity index (χ3n) is 5.60. The van der Waals surface area contributed by atoms with E-state index in [4.69, 9.17) is 0 Å². The van der Waals surface area contributed by atoms with Gasteiger partial charge in [0.1, 0.15) is 0 Å². The molecule has 2 aliphatic rings. The lowest BCUT2D eigenvalue weighted by molar-refractivity contribution is -0.132. The van der Waals surface area contributed by atoms with E-state index >= 15 is 0 Å². The average molecular weight is 366 g/mol. The molecule has 1 aliphatic heterocycles. The first kappa shape index (κ1) is 17.8. The van der Waals surface area contributed by atoms with Crippen molar-refractivity contribution in [3.63, 3.8) is 0 Å². The zero-order valence-electron chi connectivity index (χ0n) is 15.5. The van der Waals surface area contributed by atoms with Gasteiger partial charge in [0.05, 0.1) is 17.6 Å². The van der Waals surface area contributed by atoms with Gasteiger partial charge >= 0.3 is 0 Å². The van der Waals surface area contributed by atoms with E-state index in [0.29, 0.717) is 24.2 Å². The summed E-state index contributed by atoms with van der Waals surface area (Å²) >= 11 is 0. The molecule has 1 aromatic heterocycles. The first-order chi connectivity index (χ1) is 13.2. The van der Waals surface area contributed by atoms with Crippen molar-refractivity contribution in [1.82, 2.24) is 15.1 Å². The van der Waals surface area contributed by atoms with E-state index in [-0.39, 0.29) is 17.7 Å². The van der Waals surface area contributed by atoms with E-state index in [1.54, 1.807) is 18.3 Å². The minimum Gasteiger partial charge on any atom is -0.342 e. The Hall–Kier alpha value is -2.63. The lowest BCUT2D eigenvalue weighted by Crippen LogP contribution is -2.39. The standard InChI is InChI=1S/C21H26N4O2/c26-19(11-10-15-8-9-15)25-12-4-7-17(14-25)20-18(13-22-24-20)23-21(27)16-5-2-1-3-6-16/h1-3,5-6,13,15,17H,4,7-12,14H2,(H,22,24)(H,23,27). The van der Waals surface area contributed by atoms with Gasteiger partial charge < -0.3 is 10.2 Å². The topological polar surface area (TPSA) is 78.1 Å². The number of anilines is 1. The van der Waals surface area contributed by atoms with E-state index < -0.39 is 0 Å². The molecule has 0 spiro atoms. The van der Waals surface area contributed by atoms with E-state index in [1.807, 2.05) is 23.1 Å². The van der Waals surface area contributed by atoms with Crippen LogP contribution in [0.1, 0.15) is 60.5 Å². The summed E-state index contributed by atoms with van der Waals surface area (Å²) in [6.45, 7) is 1.53. The van der Waals surface area contributed by atoms with Gasteiger partial charge in [0.2, 0.25) is 5.91 Å². The third kappa shape index (κ3) is 4.38. The van der Waals surface area contributed by atoms with Crippen molar-refractivity contribution in [2.24, 2.45) is 5.92 Å². The summed E-state index contributed by atoms with van der Waals surface area (Å²) < 4.78 is 0. The number of carbonyl (C=O) groups is 2. The van der Waals surface area contributed by atoms with Crippen LogP contribution in [0, 0.1) is 5.92 Å². The molecule has 1 aliphatic carbocycles. The van der Waals surface area contributed by atoms with Gasteiger partial charge in [0, 0.05) is 31.0 Å². The van der Waals surface area contributed by atoms with Crippen molar-refractivity contribution in [3.05, 3.63) is 47.8 Å². The van der Waals surface area contributed by atoms with Crippen LogP contribution in [0.2, 0.25) is 0 Å². The highest BCUT2D eigenvalue weighted by molar-refractivity contribution is 6.04. The second kappa shape index (κ2) is 7.94. The fourth-order valence-corrected chi connectivity index (χ4v) is 3.82. The van der Waals surface area contributed by atoms with E-state index in [0.717, 1.165) is 37.4 Å². The minimum atomic E-state index is -0.147. The molecular weight excluding hydrogens is 340 g/mol. The highest BCUT2D eigenvalue weighted by Gasteiger charge is 2.29. The molecule has 6 nitrogen and oxygen atoms in total. The lowest BCUT2D eigenvalue weighted by Gasteiger charge is -2.32. The lowest BCUT2D eigenvalue weighted by atomic mass is 9.93. The summed E-state index contributed by atoms with van der Waals surface area (Å²) in [6, 6.07) is 9.15. The summed E-state index contributed by atoms with van der Waals surface area (Å²) in [5.74, 6) is 1.08. The fraction of sp³-hybridized carbons (Fsp3) is 0.476. The molecule has 27 heavy (non-hydrogen) atoms. The maximum Gasteiger partial charge on any atom is 0.255 e. The number of benzene rings is 1. The summed E-state index contributed by atoms with van der Waals surface area (Å²) in [4.78, 5) is 27.0. The molecule has 142 valence electrons. The van der Waals surface area contributed by atoms with Gasteiger partial charge in [0.25, 0.3) is 5.91 Å². The van der Waals surface area contributed by atoms with Crippen molar-refractivity contribution in [3.8, 4) is 0 Å². The number of carbonyl (C=O) groups excluding carboxylic acids is 2. The molecule has 2 fully saturated rings. The zero-order valence-corrected chi connectivity index (χ0v) is 15.5. The number of rotatable bonds is 6. The molecule has 6 heteroatoms. The number of aromatic nitrogens is 2. The molecule has 1 atom stereocenters. The van der Waals surface area contributed by atoms with Gasteiger partial charge in [-0.3, -0.25) is 14.7 Å². The van der Waals surface area contributed by atoms with Crippen LogP contribution in [-0.4, -0.2) is 40.0 Å². The van der Waals surface area contributed by atoms with Crippen LogP contribution in [-0.2, 0) is 4.79 Å². The number of nitrogens with zero attached hydrogens (tertiary/aromatic N) is 2. The number of hydrogen-bond donors (Lipinski definition) is 2. The predicted octanol–water partition coefficient (Wildman–Crippen LogP) is 3.56. The Morgan fingerprint density at radius 2 is 2.00 bits per heavy atom. The van der Waals surface area contributed by atoms with Crippen LogP contribution in [0.5, 0.6) is 0 Å². The molecule has 4 rings (SSSR count). The molecular formula is C21H26N4O2. The highest BCUT2D eigenvalue weighted by Crippen LogP contribution is 2.35. The number of piperidine rings is 1. The smallest absolute Gasteiger partial charge is 0.255 e. The third-order valence-corrected chi connectivity index (χ3v) is 5.60. The van der Waals surface area contributed by atoms with Crippen LogP contribution >= 0.6 is 0 Å². The minimum absolute atomic E-state index is 0.147. The zero-order chi connectivity index (χ0) is 18.6. The number of likely N-dealkylation sites (tertiary alicyclic amines) is 1. The molecule has 0 radical (unpaired) electrons. The second-order valence-corrected chi connectivity index (χ2v) is 7.68. The van der Waals surface area contributed by atoms with Crippen molar-refractivity contribution >= 4 is 17.5 Å². The van der Waals surface area contributed by atoms with Crippen molar-refractivity contribution < 1.29 is 9.59 Å². The molecule has 0 bridgehead atoms. The maximum atomic E-state index is 12.5. The van der Waals surface area contributed by atoms with Gasteiger partial charge in [-0.05, 0) is 37.3 Å². The fourth-order valence-electron chi connectivity index (χ4n) is 3.82. The Labute approximate surface area is 159 Å². The summed E-state index contributed by atoms with van der Waals surface area (Å²) in [7, 11) is 0. The Balaban J connectivity index is 1.40. The highest BCUT2D eigenvalue weighted by atomic mass is 16.2. The van der Waals surface area contributed by atoms with Crippen molar-refractivity contribution in [2.75, 3.05) is 18.4 Å². The normalized spacial score (nSPS) is 19.7. The number of nitrogens with one attached hydrogen (secondary N) is 2. The number of hydrogen-bond acceptors (Lipinski definition) is 3. The van der Waals surface area contributed by atoms with Crippen LogP contribution in [0.15, 0.2) is 36.5 Å². The monoisotopic (exact) mass is 366 g/mol. The molecule has 1 unspecified atom stereocenters. The average Bonchev–Trinajstić information content (AvgIpc) is 3.43. The van der Waals surface area contributed by atoms with Gasteiger partial charge in [-0.15, -0.1) is 0 Å². The van der Waals surface area contributed by atoms with E-state index in [1.165, 1.54) is 12.8 Å². The van der Waals surface area contributed by atoms with Crippen LogP contribution in [0.3, 0.4) is 0 Å². The van der Waals surface area contributed by atoms with Crippen molar-refractivity contribution in [1.29, 1.82) is 0 Å². The quantitative estimate of drug-likeness (QED) is 0.820. The van der Waals surface area contributed by atoms with Crippen LogP contribution < -0.4 is 5.32 Å². The Morgan fingerprint density at radius 1 is 1.19 bits per heavy atom. The molecule has 1 saturated heterocycles. The van der Waals surface area contributed by atoms with Crippen molar-refractivity contribution in [2.45, 2.75) is 44.4 Å². The number of H-pyrrole nitrogens is 1. The van der Waals surface area contributed by atoms with Gasteiger partial charge in [-0.25, -0.2) is 0 Å². The first-order valence-electron chi connectivity index (χ1n) is 9.88. The van der Waals surface area contributed by atoms with E-state index in [2.05, 4.69) is 15.5 Å². The summed E-state index contributed by atoms with van der Waals surface area (Å²) in [6.07, 6.45) is 7.89. The molecule has 2 N–H and O–H groups in total. The Morgan fingerprint density at radius 3 is 2.78 bits per heavy atom. The first-order valence-corrected chi connectivity index (χ1v) is 9.88. The van der Waals surface area contributed by atoms with Gasteiger partial charge in [0.15, 0.2) is 0 Å². The molecule has 2 heterocycles. The van der Waals surface area contributed by atoms with Gasteiger partial charge in [-0.1, -0.05) is 31.0 Å². The number of aromatic amines is 1. The SMILES string of the molecule is O=C(Nc1cn[nH]c1C1CCCN(C(=O)CCC2CC2)C1)c1ccccc1. The molecule has 1 aromatic carbocycles. The van der Waals surface area contributed by atoms with Crippen LogP contribution in [0.4, 0.5) is 5.69 Å². The molecule has 1 saturated carbocycles. The Kier molecular flexibility index (Phi) is 5.23. The van der Waals surface area contributed by atoms with Crippen LogP contribution in [0.25, 0.3) is 0 Å². The Bertz CT molecular complexity index is 798. The maximum absolute atomic E-state index is 12.5. The summed E-state index contributed by atoms with van der Waals surface area (Å²) in [5.41, 5.74) is 2.24. The van der Waals surface area contributed by atoms with E-state index in [9.17, 15) is 9.59 Å². The second-order valence-electron chi connectivity index (χ2n) is 7.68. The summed E-state index contributed by atoms with van der Waals surface area (Å²) in [5, 5.41) is 10.1. The largest absolute Gasteiger partial charge is 0.342 e.